The lowest BCUT2D eigenvalue weighted by molar-refractivity contribution is 0.0342. The predicted octanol–water partition coefficient (Wildman–Crippen LogP) is 2.59. The third kappa shape index (κ3) is 4.40. The molecular formula is C19H21FN2O2. The van der Waals surface area contributed by atoms with Crippen molar-refractivity contribution in [1.82, 2.24) is 10.2 Å². The lowest BCUT2D eigenvalue weighted by Crippen LogP contribution is -2.35. The van der Waals surface area contributed by atoms with Crippen LogP contribution in [0.4, 0.5) is 4.39 Å². The zero-order chi connectivity index (χ0) is 16.8. The van der Waals surface area contributed by atoms with Crippen LogP contribution in [0.2, 0.25) is 0 Å². The lowest BCUT2D eigenvalue weighted by Gasteiger charge is -2.26. The molecule has 1 amide bonds. The highest BCUT2D eigenvalue weighted by Crippen LogP contribution is 2.11. The Morgan fingerprint density at radius 2 is 1.83 bits per heavy atom. The van der Waals surface area contributed by atoms with E-state index in [0.29, 0.717) is 6.54 Å². The first-order valence-electron chi connectivity index (χ1n) is 8.13. The average Bonchev–Trinajstić information content (AvgIpc) is 2.61. The molecule has 0 atom stereocenters. The smallest absolute Gasteiger partial charge is 0.254 e. The van der Waals surface area contributed by atoms with Gasteiger partial charge in [-0.3, -0.25) is 9.69 Å². The van der Waals surface area contributed by atoms with E-state index < -0.39 is 11.7 Å². The van der Waals surface area contributed by atoms with Crippen molar-refractivity contribution in [3.63, 3.8) is 0 Å². The van der Waals surface area contributed by atoms with Gasteiger partial charge < -0.3 is 10.1 Å². The maximum Gasteiger partial charge on any atom is 0.254 e. The number of nitrogens with zero attached hydrogens (tertiary/aromatic N) is 1. The van der Waals surface area contributed by atoms with Crippen LogP contribution in [0.25, 0.3) is 0 Å². The standard InChI is InChI=1S/C19H21FN2O2/c20-18-7-2-1-6-17(18)19(23)21-13-15-4-3-5-16(12-15)14-22-8-10-24-11-9-22/h1-7,12H,8-11,13-14H2,(H,21,23). The third-order valence-corrected chi connectivity index (χ3v) is 4.07. The summed E-state index contributed by atoms with van der Waals surface area (Å²) in [7, 11) is 0. The summed E-state index contributed by atoms with van der Waals surface area (Å²) in [5.41, 5.74) is 2.28. The maximum absolute atomic E-state index is 13.6. The molecule has 0 spiro atoms. The van der Waals surface area contributed by atoms with Gasteiger partial charge >= 0.3 is 0 Å². The number of carbonyl (C=O) groups excluding carboxylic acids is 1. The fourth-order valence-electron chi connectivity index (χ4n) is 2.78. The molecule has 0 aromatic heterocycles. The Bertz CT molecular complexity index is 699. The Morgan fingerprint density at radius 3 is 2.62 bits per heavy atom. The molecule has 3 rings (SSSR count). The molecule has 2 aromatic rings. The average molecular weight is 328 g/mol. The van der Waals surface area contributed by atoms with E-state index in [4.69, 9.17) is 4.74 Å². The normalized spacial score (nSPS) is 15.2. The maximum atomic E-state index is 13.6. The van der Waals surface area contributed by atoms with Crippen molar-refractivity contribution < 1.29 is 13.9 Å². The van der Waals surface area contributed by atoms with E-state index in [2.05, 4.69) is 22.3 Å². The summed E-state index contributed by atoms with van der Waals surface area (Å²) >= 11 is 0. The first kappa shape index (κ1) is 16.6. The number of hydrogen-bond donors (Lipinski definition) is 1. The number of nitrogens with one attached hydrogen (secondary N) is 1. The largest absolute Gasteiger partial charge is 0.379 e. The third-order valence-electron chi connectivity index (χ3n) is 4.07. The van der Waals surface area contributed by atoms with Gasteiger partial charge in [-0.1, -0.05) is 36.4 Å². The molecule has 0 unspecified atom stereocenters. The van der Waals surface area contributed by atoms with E-state index in [1.54, 1.807) is 12.1 Å². The van der Waals surface area contributed by atoms with Crippen molar-refractivity contribution in [2.24, 2.45) is 0 Å². The zero-order valence-electron chi connectivity index (χ0n) is 13.5. The van der Waals surface area contributed by atoms with Crippen LogP contribution in [-0.4, -0.2) is 37.1 Å². The summed E-state index contributed by atoms with van der Waals surface area (Å²) in [6, 6.07) is 14.1. The first-order chi connectivity index (χ1) is 11.7. The predicted molar refractivity (Wildman–Crippen MR) is 90.1 cm³/mol. The van der Waals surface area contributed by atoms with Gasteiger partial charge in [0.25, 0.3) is 5.91 Å². The molecule has 0 radical (unpaired) electrons. The van der Waals surface area contributed by atoms with Crippen LogP contribution in [-0.2, 0) is 17.8 Å². The van der Waals surface area contributed by atoms with E-state index in [1.807, 2.05) is 12.1 Å². The van der Waals surface area contributed by atoms with Gasteiger partial charge in [0, 0.05) is 26.2 Å². The quantitative estimate of drug-likeness (QED) is 0.917. The fraction of sp³-hybridized carbons (Fsp3) is 0.316. The molecule has 1 N–H and O–H groups in total. The van der Waals surface area contributed by atoms with Crippen molar-refractivity contribution in [3.8, 4) is 0 Å². The second-order valence-corrected chi connectivity index (χ2v) is 5.87. The minimum atomic E-state index is -0.504. The van der Waals surface area contributed by atoms with Gasteiger partial charge in [-0.25, -0.2) is 4.39 Å². The zero-order valence-corrected chi connectivity index (χ0v) is 13.5. The van der Waals surface area contributed by atoms with Crippen molar-refractivity contribution >= 4 is 5.91 Å². The van der Waals surface area contributed by atoms with Gasteiger partial charge in [0.1, 0.15) is 5.82 Å². The number of rotatable bonds is 5. The Balaban J connectivity index is 1.58. The molecule has 1 aliphatic rings. The summed E-state index contributed by atoms with van der Waals surface area (Å²) in [4.78, 5) is 14.4. The molecule has 24 heavy (non-hydrogen) atoms. The van der Waals surface area contributed by atoms with E-state index in [1.165, 1.54) is 17.7 Å². The molecule has 5 heteroatoms. The highest BCUT2D eigenvalue weighted by atomic mass is 19.1. The number of halogens is 1. The number of hydrogen-bond acceptors (Lipinski definition) is 3. The Hall–Kier alpha value is -2.24. The second kappa shape index (κ2) is 8.04. The van der Waals surface area contributed by atoms with Crippen LogP contribution in [0.5, 0.6) is 0 Å². The molecular weight excluding hydrogens is 307 g/mol. The highest BCUT2D eigenvalue weighted by molar-refractivity contribution is 5.94. The topological polar surface area (TPSA) is 41.6 Å². The Labute approximate surface area is 141 Å². The van der Waals surface area contributed by atoms with Crippen LogP contribution < -0.4 is 5.32 Å². The second-order valence-electron chi connectivity index (χ2n) is 5.87. The Morgan fingerprint density at radius 1 is 1.08 bits per heavy atom. The Kier molecular flexibility index (Phi) is 5.56. The van der Waals surface area contributed by atoms with E-state index >= 15 is 0 Å². The number of ether oxygens (including phenoxy) is 1. The molecule has 126 valence electrons. The van der Waals surface area contributed by atoms with Crippen LogP contribution in [0.15, 0.2) is 48.5 Å². The molecule has 0 saturated carbocycles. The minimum absolute atomic E-state index is 0.0713. The fourth-order valence-corrected chi connectivity index (χ4v) is 2.78. The lowest BCUT2D eigenvalue weighted by atomic mass is 10.1. The van der Waals surface area contributed by atoms with Crippen LogP contribution >= 0.6 is 0 Å². The monoisotopic (exact) mass is 328 g/mol. The van der Waals surface area contributed by atoms with Gasteiger partial charge in [-0.05, 0) is 23.3 Å². The summed E-state index contributed by atoms with van der Waals surface area (Å²) in [5, 5.41) is 2.77. The molecule has 1 saturated heterocycles. The van der Waals surface area contributed by atoms with E-state index in [0.717, 1.165) is 38.4 Å². The number of amides is 1. The van der Waals surface area contributed by atoms with Crippen LogP contribution in [0.1, 0.15) is 21.5 Å². The molecule has 4 nitrogen and oxygen atoms in total. The van der Waals surface area contributed by atoms with Gasteiger partial charge in [0.2, 0.25) is 0 Å². The SMILES string of the molecule is O=C(NCc1cccc(CN2CCOCC2)c1)c1ccccc1F. The van der Waals surface area contributed by atoms with Gasteiger partial charge in [-0.2, -0.15) is 0 Å². The molecule has 1 aliphatic heterocycles. The molecule has 0 bridgehead atoms. The van der Waals surface area contributed by atoms with Crippen LogP contribution in [0, 0.1) is 5.82 Å². The number of morpholine rings is 1. The summed E-state index contributed by atoms with van der Waals surface area (Å²) in [6.45, 7) is 4.68. The molecule has 1 heterocycles. The number of carbonyl (C=O) groups is 1. The molecule has 0 aliphatic carbocycles. The van der Waals surface area contributed by atoms with Gasteiger partial charge in [0.15, 0.2) is 0 Å². The first-order valence-corrected chi connectivity index (χ1v) is 8.13. The van der Waals surface area contributed by atoms with Gasteiger partial charge in [-0.15, -0.1) is 0 Å². The molecule has 2 aromatic carbocycles. The summed E-state index contributed by atoms with van der Waals surface area (Å²) in [5.74, 6) is -0.900. The van der Waals surface area contributed by atoms with E-state index in [-0.39, 0.29) is 5.56 Å². The van der Waals surface area contributed by atoms with Crippen molar-refractivity contribution in [2.45, 2.75) is 13.1 Å². The van der Waals surface area contributed by atoms with Crippen molar-refractivity contribution in [3.05, 3.63) is 71.0 Å². The molecule has 1 fully saturated rings. The van der Waals surface area contributed by atoms with Crippen molar-refractivity contribution in [1.29, 1.82) is 0 Å². The van der Waals surface area contributed by atoms with Crippen LogP contribution in [0.3, 0.4) is 0 Å². The summed E-state index contributed by atoms with van der Waals surface area (Å²) in [6.07, 6.45) is 0. The highest BCUT2D eigenvalue weighted by Gasteiger charge is 2.12. The minimum Gasteiger partial charge on any atom is -0.379 e. The van der Waals surface area contributed by atoms with Crippen molar-refractivity contribution in [2.75, 3.05) is 26.3 Å². The van der Waals surface area contributed by atoms with Gasteiger partial charge in [0.05, 0.1) is 18.8 Å². The van der Waals surface area contributed by atoms with E-state index in [9.17, 15) is 9.18 Å². The number of benzene rings is 2. The summed E-state index contributed by atoms with van der Waals surface area (Å²) < 4.78 is 19.0.